The van der Waals surface area contributed by atoms with E-state index in [4.69, 9.17) is 5.73 Å². The maximum absolute atomic E-state index is 11.9. The van der Waals surface area contributed by atoms with Gasteiger partial charge in [0.2, 0.25) is 11.8 Å². The van der Waals surface area contributed by atoms with Crippen LogP contribution in [0.15, 0.2) is 23.1 Å². The van der Waals surface area contributed by atoms with E-state index in [1.54, 1.807) is 12.1 Å². The maximum atomic E-state index is 11.9. The van der Waals surface area contributed by atoms with Gasteiger partial charge in [-0.1, -0.05) is 6.07 Å². The van der Waals surface area contributed by atoms with Crippen LogP contribution in [0.4, 0.5) is 5.69 Å². The molecule has 0 bridgehead atoms. The molecule has 1 aliphatic rings. The van der Waals surface area contributed by atoms with Crippen molar-refractivity contribution < 1.29 is 18.6 Å². The molecule has 0 fully saturated rings. The highest BCUT2D eigenvalue weighted by atomic mass is 32.2. The van der Waals surface area contributed by atoms with E-state index in [-0.39, 0.29) is 18.1 Å². The lowest BCUT2D eigenvalue weighted by Crippen LogP contribution is -2.44. The summed E-state index contributed by atoms with van der Waals surface area (Å²) in [6, 6.07) is 4.56. The number of Topliss-reactive ketones (excluding diaryl/α,β-unsaturated/α-hetero) is 1. The van der Waals surface area contributed by atoms with Crippen LogP contribution in [0.2, 0.25) is 0 Å². The third-order valence-electron chi connectivity index (χ3n) is 2.77. The molecule has 1 aromatic rings. The minimum absolute atomic E-state index is 0.175. The number of hydrogen-bond acceptors (Lipinski definition) is 4. The van der Waals surface area contributed by atoms with Gasteiger partial charge in [0, 0.05) is 5.56 Å². The molecule has 6 nitrogen and oxygen atoms in total. The number of fused-ring (bicyclic) bond motifs is 1. The molecular formula is C12H12N2O4S. The van der Waals surface area contributed by atoms with Crippen LogP contribution in [-0.2, 0) is 20.4 Å². The summed E-state index contributed by atoms with van der Waals surface area (Å²) in [7, 11) is -1.46. The number of ketones is 1. The van der Waals surface area contributed by atoms with Crippen LogP contribution >= 0.6 is 0 Å². The van der Waals surface area contributed by atoms with Crippen LogP contribution in [0.3, 0.4) is 0 Å². The molecule has 100 valence electrons. The number of anilines is 1. The Bertz CT molecular complexity index is 612. The van der Waals surface area contributed by atoms with Crippen LogP contribution in [0, 0.1) is 0 Å². The van der Waals surface area contributed by atoms with E-state index in [0.29, 0.717) is 16.1 Å². The Balaban J connectivity index is 2.55. The van der Waals surface area contributed by atoms with Crippen molar-refractivity contribution in [2.24, 2.45) is 5.73 Å². The van der Waals surface area contributed by atoms with Gasteiger partial charge in [-0.2, -0.15) is 0 Å². The molecule has 0 aliphatic carbocycles. The molecule has 2 rings (SSSR count). The number of rotatable bonds is 3. The predicted molar refractivity (Wildman–Crippen MR) is 69.3 cm³/mol. The Morgan fingerprint density at radius 1 is 1.42 bits per heavy atom. The Labute approximate surface area is 112 Å². The maximum Gasteiger partial charge on any atom is 0.240 e. The predicted octanol–water partition coefficient (Wildman–Crippen LogP) is -0.171. The standard InChI is InChI=1S/C12H12N2O4S/c1-7(15)8-2-3-10-9(4-8)14(5-11(13)16)12(17)6-19(10)18/h2-4H,5-6H2,1H3,(H2,13,16). The van der Waals surface area contributed by atoms with E-state index in [9.17, 15) is 18.6 Å². The van der Waals surface area contributed by atoms with Gasteiger partial charge >= 0.3 is 0 Å². The summed E-state index contributed by atoms with van der Waals surface area (Å²) in [6.07, 6.45) is 0. The van der Waals surface area contributed by atoms with Crippen molar-refractivity contribution in [1.29, 1.82) is 0 Å². The highest BCUT2D eigenvalue weighted by molar-refractivity contribution is 7.86. The minimum atomic E-state index is -1.46. The molecule has 2 N–H and O–H groups in total. The molecule has 7 heteroatoms. The van der Waals surface area contributed by atoms with Crippen molar-refractivity contribution in [3.63, 3.8) is 0 Å². The highest BCUT2D eigenvalue weighted by Gasteiger charge is 2.30. The van der Waals surface area contributed by atoms with Gasteiger partial charge in [-0.15, -0.1) is 0 Å². The number of nitrogens with zero attached hydrogens (tertiary/aromatic N) is 1. The van der Waals surface area contributed by atoms with Crippen LogP contribution in [0.25, 0.3) is 0 Å². The number of primary amides is 1. The van der Waals surface area contributed by atoms with Crippen LogP contribution in [0.1, 0.15) is 17.3 Å². The molecule has 0 saturated heterocycles. The second kappa shape index (κ2) is 4.93. The molecule has 1 unspecified atom stereocenters. The summed E-state index contributed by atoms with van der Waals surface area (Å²) in [5, 5.41) is 0. The van der Waals surface area contributed by atoms with E-state index in [0.717, 1.165) is 0 Å². The quantitative estimate of drug-likeness (QED) is 0.777. The van der Waals surface area contributed by atoms with Crippen LogP contribution in [-0.4, -0.2) is 34.1 Å². The Morgan fingerprint density at radius 2 is 2.11 bits per heavy atom. The normalized spacial score (nSPS) is 18.1. The SMILES string of the molecule is CC(=O)c1ccc2c(c1)N(CC(N)=O)C(=O)CS2=O. The number of carbonyl (C=O) groups is 3. The lowest BCUT2D eigenvalue weighted by molar-refractivity contribution is -0.121. The first-order chi connectivity index (χ1) is 8.90. The average molecular weight is 280 g/mol. The van der Waals surface area contributed by atoms with Crippen molar-refractivity contribution in [3.8, 4) is 0 Å². The van der Waals surface area contributed by atoms with E-state index in [1.807, 2.05) is 0 Å². The van der Waals surface area contributed by atoms with E-state index in [1.165, 1.54) is 17.9 Å². The molecular weight excluding hydrogens is 268 g/mol. The van der Waals surface area contributed by atoms with Gasteiger partial charge in [0.15, 0.2) is 5.78 Å². The fourth-order valence-electron chi connectivity index (χ4n) is 1.87. The summed E-state index contributed by atoms with van der Waals surface area (Å²) < 4.78 is 11.9. The van der Waals surface area contributed by atoms with Crippen molar-refractivity contribution >= 4 is 34.1 Å². The summed E-state index contributed by atoms with van der Waals surface area (Å²) in [5.41, 5.74) is 5.81. The van der Waals surface area contributed by atoms with Crippen molar-refractivity contribution in [1.82, 2.24) is 0 Å². The lowest BCUT2D eigenvalue weighted by Gasteiger charge is -2.28. The molecule has 0 radical (unpaired) electrons. The molecule has 1 atom stereocenters. The molecule has 1 aliphatic heterocycles. The summed E-state index contributed by atoms with van der Waals surface area (Å²) in [4.78, 5) is 35.8. The Kier molecular flexibility index (Phi) is 3.48. The fourth-order valence-corrected chi connectivity index (χ4v) is 3.03. The van der Waals surface area contributed by atoms with E-state index in [2.05, 4.69) is 0 Å². The van der Waals surface area contributed by atoms with Gasteiger partial charge < -0.3 is 10.6 Å². The molecule has 2 amide bonds. The van der Waals surface area contributed by atoms with Gasteiger partial charge in [0.05, 0.1) is 21.4 Å². The van der Waals surface area contributed by atoms with Gasteiger partial charge in [-0.25, -0.2) is 0 Å². The number of carbonyl (C=O) groups excluding carboxylic acids is 3. The summed E-state index contributed by atoms with van der Waals surface area (Å²) in [6.45, 7) is 1.10. The first-order valence-corrected chi connectivity index (χ1v) is 6.84. The largest absolute Gasteiger partial charge is 0.368 e. The molecule has 1 aromatic carbocycles. The van der Waals surface area contributed by atoms with Gasteiger partial charge in [-0.05, 0) is 19.1 Å². The molecule has 19 heavy (non-hydrogen) atoms. The van der Waals surface area contributed by atoms with E-state index >= 15 is 0 Å². The minimum Gasteiger partial charge on any atom is -0.368 e. The average Bonchev–Trinajstić information content (AvgIpc) is 2.33. The Morgan fingerprint density at radius 3 is 2.68 bits per heavy atom. The second-order valence-electron chi connectivity index (χ2n) is 4.17. The number of nitrogens with two attached hydrogens (primary N) is 1. The molecule has 0 saturated carbocycles. The molecule has 0 aromatic heterocycles. The van der Waals surface area contributed by atoms with Crippen molar-refractivity contribution in [2.75, 3.05) is 17.2 Å². The first-order valence-electron chi connectivity index (χ1n) is 5.52. The lowest BCUT2D eigenvalue weighted by atomic mass is 10.1. The monoisotopic (exact) mass is 280 g/mol. The van der Waals surface area contributed by atoms with Crippen molar-refractivity contribution in [3.05, 3.63) is 23.8 Å². The topological polar surface area (TPSA) is 97.5 Å². The van der Waals surface area contributed by atoms with Gasteiger partial charge in [-0.3, -0.25) is 18.6 Å². The smallest absolute Gasteiger partial charge is 0.240 e. The number of amides is 2. The van der Waals surface area contributed by atoms with Crippen molar-refractivity contribution in [2.45, 2.75) is 11.8 Å². The van der Waals surface area contributed by atoms with Crippen LogP contribution in [0.5, 0.6) is 0 Å². The van der Waals surface area contributed by atoms with Crippen LogP contribution < -0.4 is 10.6 Å². The summed E-state index contributed by atoms with van der Waals surface area (Å²) >= 11 is 0. The Hall–Kier alpha value is -2.02. The molecule has 0 spiro atoms. The fraction of sp³-hybridized carbons (Fsp3) is 0.250. The first kappa shape index (κ1) is 13.4. The van der Waals surface area contributed by atoms with Gasteiger partial charge in [0.1, 0.15) is 12.3 Å². The van der Waals surface area contributed by atoms with Gasteiger partial charge in [0.25, 0.3) is 0 Å². The zero-order chi connectivity index (χ0) is 14.2. The summed E-state index contributed by atoms with van der Waals surface area (Å²) in [5.74, 6) is -1.46. The van der Waals surface area contributed by atoms with E-state index < -0.39 is 22.6 Å². The second-order valence-corrected chi connectivity index (χ2v) is 5.59. The zero-order valence-electron chi connectivity index (χ0n) is 10.2. The molecule has 1 heterocycles. The third kappa shape index (κ3) is 2.55. The number of hydrogen-bond donors (Lipinski definition) is 1. The zero-order valence-corrected chi connectivity index (χ0v) is 11.0. The third-order valence-corrected chi connectivity index (χ3v) is 4.12. The number of benzene rings is 1. The highest BCUT2D eigenvalue weighted by Crippen LogP contribution is 2.30.